The van der Waals surface area contributed by atoms with E-state index in [1.807, 2.05) is 0 Å². The molecule has 1 aromatic rings. The van der Waals surface area contributed by atoms with Gasteiger partial charge in [0.2, 0.25) is 5.95 Å². The van der Waals surface area contributed by atoms with Gasteiger partial charge in [-0.25, -0.2) is 0 Å². The molecule has 2 fully saturated rings. The SMILES string of the molecule is CCNCC1CCN(c2n[nH]c(C3CC(O)C3)n2)CC1. The van der Waals surface area contributed by atoms with E-state index in [-0.39, 0.29) is 6.10 Å². The van der Waals surface area contributed by atoms with Crippen molar-refractivity contribution in [2.75, 3.05) is 31.1 Å². The van der Waals surface area contributed by atoms with E-state index in [2.05, 4.69) is 32.3 Å². The number of anilines is 1. The van der Waals surface area contributed by atoms with E-state index in [9.17, 15) is 5.11 Å². The normalized spacial score (nSPS) is 27.6. The van der Waals surface area contributed by atoms with Gasteiger partial charge in [-0.15, -0.1) is 5.10 Å². The van der Waals surface area contributed by atoms with E-state index in [1.54, 1.807) is 0 Å². The predicted molar refractivity (Wildman–Crippen MR) is 77.8 cm³/mol. The quantitative estimate of drug-likeness (QED) is 0.745. The van der Waals surface area contributed by atoms with Crippen LogP contribution in [-0.2, 0) is 0 Å². The summed E-state index contributed by atoms with van der Waals surface area (Å²) in [6.07, 6.45) is 3.91. The first-order valence-corrected chi connectivity index (χ1v) is 7.82. The van der Waals surface area contributed by atoms with E-state index >= 15 is 0 Å². The van der Waals surface area contributed by atoms with Crippen molar-refractivity contribution in [1.82, 2.24) is 20.5 Å². The molecule has 1 saturated carbocycles. The van der Waals surface area contributed by atoms with Gasteiger partial charge in [0.1, 0.15) is 5.82 Å². The van der Waals surface area contributed by atoms with Gasteiger partial charge < -0.3 is 15.3 Å². The molecule has 2 heterocycles. The van der Waals surface area contributed by atoms with Crippen LogP contribution < -0.4 is 10.2 Å². The van der Waals surface area contributed by atoms with Crippen LogP contribution in [0.2, 0.25) is 0 Å². The Morgan fingerprint density at radius 3 is 2.75 bits per heavy atom. The van der Waals surface area contributed by atoms with Crippen LogP contribution in [0.5, 0.6) is 0 Å². The molecule has 1 aliphatic carbocycles. The molecule has 3 N–H and O–H groups in total. The molecule has 112 valence electrons. The average molecular weight is 279 g/mol. The Kier molecular flexibility index (Phi) is 4.21. The Balaban J connectivity index is 1.50. The molecule has 1 aliphatic heterocycles. The standard InChI is InChI=1S/C14H25N5O/c1-2-15-9-10-3-5-19(6-4-10)14-16-13(17-18-14)11-7-12(20)8-11/h10-12,15,20H,2-9H2,1H3,(H,16,17,18). The van der Waals surface area contributed by atoms with Crippen LogP contribution in [0.25, 0.3) is 0 Å². The van der Waals surface area contributed by atoms with Crippen molar-refractivity contribution in [3.05, 3.63) is 5.82 Å². The van der Waals surface area contributed by atoms with Gasteiger partial charge in [-0.3, -0.25) is 5.10 Å². The summed E-state index contributed by atoms with van der Waals surface area (Å²) >= 11 is 0. The number of aliphatic hydroxyl groups excluding tert-OH is 1. The third kappa shape index (κ3) is 2.96. The summed E-state index contributed by atoms with van der Waals surface area (Å²) in [6.45, 7) is 6.42. The first kappa shape index (κ1) is 13.8. The maximum absolute atomic E-state index is 9.36. The highest BCUT2D eigenvalue weighted by molar-refractivity contribution is 5.30. The fourth-order valence-electron chi connectivity index (χ4n) is 3.09. The lowest BCUT2D eigenvalue weighted by molar-refractivity contribution is 0.0718. The molecule has 0 spiro atoms. The Labute approximate surface area is 120 Å². The lowest BCUT2D eigenvalue weighted by Crippen LogP contribution is -2.37. The Morgan fingerprint density at radius 1 is 1.35 bits per heavy atom. The van der Waals surface area contributed by atoms with Crippen LogP contribution in [-0.4, -0.2) is 52.6 Å². The van der Waals surface area contributed by atoms with E-state index in [0.717, 1.165) is 56.7 Å². The van der Waals surface area contributed by atoms with Crippen LogP contribution in [0.1, 0.15) is 44.3 Å². The molecule has 0 radical (unpaired) electrons. The number of H-pyrrole nitrogens is 1. The molecule has 0 aromatic carbocycles. The first-order valence-electron chi connectivity index (χ1n) is 7.82. The Bertz CT molecular complexity index is 421. The number of nitrogens with one attached hydrogen (secondary N) is 2. The fourth-order valence-corrected chi connectivity index (χ4v) is 3.09. The highest BCUT2D eigenvalue weighted by atomic mass is 16.3. The third-order valence-corrected chi connectivity index (χ3v) is 4.57. The maximum Gasteiger partial charge on any atom is 0.244 e. The van der Waals surface area contributed by atoms with Crippen LogP contribution in [0.15, 0.2) is 0 Å². The largest absolute Gasteiger partial charge is 0.393 e. The molecule has 20 heavy (non-hydrogen) atoms. The zero-order valence-corrected chi connectivity index (χ0v) is 12.2. The molecular formula is C14H25N5O. The second-order valence-corrected chi connectivity index (χ2v) is 6.08. The summed E-state index contributed by atoms with van der Waals surface area (Å²) in [5, 5.41) is 20.2. The van der Waals surface area contributed by atoms with Gasteiger partial charge in [-0.05, 0) is 44.7 Å². The Hall–Kier alpha value is -1.14. The van der Waals surface area contributed by atoms with Gasteiger partial charge in [0, 0.05) is 19.0 Å². The zero-order chi connectivity index (χ0) is 13.9. The summed E-state index contributed by atoms with van der Waals surface area (Å²) in [4.78, 5) is 6.89. The summed E-state index contributed by atoms with van der Waals surface area (Å²) < 4.78 is 0. The second kappa shape index (κ2) is 6.10. The monoisotopic (exact) mass is 279 g/mol. The molecular weight excluding hydrogens is 254 g/mol. The molecule has 0 bridgehead atoms. The van der Waals surface area contributed by atoms with Crippen molar-refractivity contribution in [2.45, 2.75) is 44.6 Å². The van der Waals surface area contributed by atoms with Crippen molar-refractivity contribution >= 4 is 5.95 Å². The van der Waals surface area contributed by atoms with Gasteiger partial charge >= 0.3 is 0 Å². The minimum absolute atomic E-state index is 0.143. The average Bonchev–Trinajstić information content (AvgIpc) is 2.91. The summed E-state index contributed by atoms with van der Waals surface area (Å²) in [7, 11) is 0. The molecule has 6 heteroatoms. The zero-order valence-electron chi connectivity index (χ0n) is 12.2. The number of hydrogen-bond acceptors (Lipinski definition) is 5. The fraction of sp³-hybridized carbons (Fsp3) is 0.857. The van der Waals surface area contributed by atoms with Crippen molar-refractivity contribution in [3.8, 4) is 0 Å². The predicted octanol–water partition coefficient (Wildman–Crippen LogP) is 0.869. The van der Waals surface area contributed by atoms with Crippen LogP contribution >= 0.6 is 0 Å². The lowest BCUT2D eigenvalue weighted by Gasteiger charge is -2.31. The third-order valence-electron chi connectivity index (χ3n) is 4.57. The molecule has 0 amide bonds. The highest BCUT2D eigenvalue weighted by Crippen LogP contribution is 2.35. The van der Waals surface area contributed by atoms with Crippen LogP contribution in [0.4, 0.5) is 5.95 Å². The number of hydrogen-bond donors (Lipinski definition) is 3. The minimum atomic E-state index is -0.143. The first-order chi connectivity index (χ1) is 9.76. The van der Waals surface area contributed by atoms with Gasteiger partial charge in [0.15, 0.2) is 0 Å². The number of nitrogens with zero attached hydrogens (tertiary/aromatic N) is 3. The molecule has 6 nitrogen and oxygen atoms in total. The van der Waals surface area contributed by atoms with Crippen molar-refractivity contribution in [3.63, 3.8) is 0 Å². The van der Waals surface area contributed by atoms with Crippen molar-refractivity contribution in [1.29, 1.82) is 0 Å². The van der Waals surface area contributed by atoms with Gasteiger partial charge in [0.05, 0.1) is 6.10 Å². The van der Waals surface area contributed by atoms with E-state index in [0.29, 0.717) is 5.92 Å². The highest BCUT2D eigenvalue weighted by Gasteiger charge is 2.32. The second-order valence-electron chi connectivity index (χ2n) is 6.08. The molecule has 1 saturated heterocycles. The molecule has 2 aliphatic rings. The van der Waals surface area contributed by atoms with Crippen LogP contribution in [0, 0.1) is 5.92 Å². The lowest BCUT2D eigenvalue weighted by atomic mass is 9.82. The number of piperidine rings is 1. The van der Waals surface area contributed by atoms with E-state index < -0.39 is 0 Å². The van der Waals surface area contributed by atoms with Crippen LogP contribution in [0.3, 0.4) is 0 Å². The summed E-state index contributed by atoms with van der Waals surface area (Å²) in [5.74, 6) is 2.94. The van der Waals surface area contributed by atoms with Gasteiger partial charge in [-0.1, -0.05) is 6.92 Å². The molecule has 3 rings (SSSR count). The number of aromatic nitrogens is 3. The van der Waals surface area contributed by atoms with Crippen molar-refractivity contribution in [2.24, 2.45) is 5.92 Å². The summed E-state index contributed by atoms with van der Waals surface area (Å²) in [6, 6.07) is 0. The molecule has 1 aromatic heterocycles. The smallest absolute Gasteiger partial charge is 0.244 e. The van der Waals surface area contributed by atoms with Gasteiger partial charge in [0.25, 0.3) is 0 Å². The van der Waals surface area contributed by atoms with Gasteiger partial charge in [-0.2, -0.15) is 4.98 Å². The topological polar surface area (TPSA) is 77.1 Å². The summed E-state index contributed by atoms with van der Waals surface area (Å²) in [5.41, 5.74) is 0. The molecule has 0 unspecified atom stereocenters. The minimum Gasteiger partial charge on any atom is -0.393 e. The van der Waals surface area contributed by atoms with E-state index in [1.165, 1.54) is 12.8 Å². The number of aliphatic hydroxyl groups is 1. The maximum atomic E-state index is 9.36. The van der Waals surface area contributed by atoms with E-state index in [4.69, 9.17) is 0 Å². The van der Waals surface area contributed by atoms with Crippen molar-refractivity contribution < 1.29 is 5.11 Å². The Morgan fingerprint density at radius 2 is 2.10 bits per heavy atom. The number of rotatable bonds is 5. The number of aromatic amines is 1. The molecule has 0 atom stereocenters.